The number of benzene rings is 2. The molecule has 2 rings (SSSR count). The third-order valence-electron chi connectivity index (χ3n) is 2.75. The Morgan fingerprint density at radius 3 is 2.52 bits per heavy atom. The second-order valence-corrected chi connectivity index (χ2v) is 5.30. The van der Waals surface area contributed by atoms with Gasteiger partial charge in [-0.25, -0.2) is 0 Å². The molecule has 0 aliphatic rings. The highest BCUT2D eigenvalue weighted by Crippen LogP contribution is 2.22. The zero-order chi connectivity index (χ0) is 15.4. The van der Waals surface area contributed by atoms with Gasteiger partial charge in [-0.2, -0.15) is 0 Å². The van der Waals surface area contributed by atoms with Crippen LogP contribution in [-0.2, 0) is 11.2 Å². The molecule has 1 amide bonds. The number of aliphatic carboxylic acids is 1. The van der Waals surface area contributed by atoms with Crippen molar-refractivity contribution in [2.45, 2.75) is 6.42 Å². The second-order valence-electron chi connectivity index (χ2n) is 4.38. The molecule has 21 heavy (non-hydrogen) atoms. The van der Waals surface area contributed by atoms with Gasteiger partial charge in [-0.3, -0.25) is 9.59 Å². The summed E-state index contributed by atoms with van der Waals surface area (Å²) in [5, 5.41) is 21.0. The van der Waals surface area contributed by atoms with Gasteiger partial charge in [-0.1, -0.05) is 34.1 Å². The molecule has 0 aliphatic carbocycles. The van der Waals surface area contributed by atoms with E-state index in [9.17, 15) is 14.7 Å². The first-order valence-corrected chi connectivity index (χ1v) is 6.85. The van der Waals surface area contributed by atoms with Crippen LogP contribution in [0, 0.1) is 0 Å². The Hall–Kier alpha value is -2.34. The highest BCUT2D eigenvalue weighted by molar-refractivity contribution is 9.10. The molecule has 2 aromatic rings. The average Bonchev–Trinajstić information content (AvgIpc) is 2.39. The van der Waals surface area contributed by atoms with E-state index in [2.05, 4.69) is 21.2 Å². The number of rotatable bonds is 4. The van der Waals surface area contributed by atoms with Gasteiger partial charge in [0.05, 0.1) is 6.42 Å². The Balaban J connectivity index is 2.25. The molecule has 2 aromatic carbocycles. The summed E-state index contributed by atoms with van der Waals surface area (Å²) in [6.45, 7) is 0. The summed E-state index contributed by atoms with van der Waals surface area (Å²) in [7, 11) is 0. The smallest absolute Gasteiger partial charge is 0.307 e. The van der Waals surface area contributed by atoms with Crippen molar-refractivity contribution in [2.75, 3.05) is 5.32 Å². The topological polar surface area (TPSA) is 86.6 Å². The quantitative estimate of drug-likeness (QED) is 0.791. The van der Waals surface area contributed by atoms with Gasteiger partial charge in [-0.15, -0.1) is 0 Å². The van der Waals surface area contributed by atoms with Gasteiger partial charge < -0.3 is 15.5 Å². The molecule has 0 radical (unpaired) electrons. The number of aromatic hydroxyl groups is 1. The van der Waals surface area contributed by atoms with E-state index in [-0.39, 0.29) is 17.7 Å². The van der Waals surface area contributed by atoms with Crippen LogP contribution in [0.5, 0.6) is 5.75 Å². The lowest BCUT2D eigenvalue weighted by Crippen LogP contribution is -2.14. The molecule has 0 fully saturated rings. The monoisotopic (exact) mass is 349 g/mol. The van der Waals surface area contributed by atoms with E-state index in [4.69, 9.17) is 5.11 Å². The highest BCUT2D eigenvalue weighted by Gasteiger charge is 2.12. The number of carbonyl (C=O) groups is 2. The number of hydrogen-bond donors (Lipinski definition) is 3. The number of halogens is 1. The SMILES string of the molecule is O=C(O)Cc1ccccc1NC(=O)c1cc(O)cc(Br)c1. The molecule has 0 heterocycles. The number of amides is 1. The van der Waals surface area contributed by atoms with E-state index in [0.29, 0.717) is 15.7 Å². The molecule has 0 aliphatic heterocycles. The van der Waals surface area contributed by atoms with Gasteiger partial charge in [0.1, 0.15) is 5.75 Å². The number of carboxylic acids is 1. The molecule has 0 bridgehead atoms. The maximum absolute atomic E-state index is 12.2. The summed E-state index contributed by atoms with van der Waals surface area (Å²) in [6, 6.07) is 11.1. The van der Waals surface area contributed by atoms with Gasteiger partial charge >= 0.3 is 5.97 Å². The molecule has 0 aromatic heterocycles. The molecule has 0 saturated heterocycles. The van der Waals surface area contributed by atoms with Gasteiger partial charge in [0.25, 0.3) is 5.91 Å². The Kier molecular flexibility index (Phi) is 4.59. The molecular weight excluding hydrogens is 338 g/mol. The summed E-state index contributed by atoms with van der Waals surface area (Å²) >= 11 is 3.20. The number of phenolic OH excluding ortho intramolecular Hbond substituents is 1. The molecule has 108 valence electrons. The summed E-state index contributed by atoms with van der Waals surface area (Å²) in [5.41, 5.74) is 1.22. The minimum absolute atomic E-state index is 0.0339. The lowest BCUT2D eigenvalue weighted by atomic mass is 10.1. The first-order chi connectivity index (χ1) is 9.95. The van der Waals surface area contributed by atoms with Crippen LogP contribution >= 0.6 is 15.9 Å². The summed E-state index contributed by atoms with van der Waals surface area (Å²) in [4.78, 5) is 23.0. The number of carboxylic acid groups (broad SMARTS) is 1. The van der Waals surface area contributed by atoms with Crippen molar-refractivity contribution in [3.05, 3.63) is 58.1 Å². The molecular formula is C15H12BrNO4. The van der Waals surface area contributed by atoms with E-state index < -0.39 is 11.9 Å². The number of para-hydroxylation sites is 1. The van der Waals surface area contributed by atoms with Crippen LogP contribution < -0.4 is 5.32 Å². The normalized spacial score (nSPS) is 10.1. The number of nitrogens with one attached hydrogen (secondary N) is 1. The number of hydrogen-bond acceptors (Lipinski definition) is 3. The van der Waals surface area contributed by atoms with Crippen LogP contribution in [0.1, 0.15) is 15.9 Å². The van der Waals surface area contributed by atoms with Gasteiger partial charge in [0.15, 0.2) is 0 Å². The summed E-state index contributed by atoms with van der Waals surface area (Å²) in [6.07, 6.45) is -0.180. The van der Waals surface area contributed by atoms with E-state index >= 15 is 0 Å². The van der Waals surface area contributed by atoms with Crippen molar-refractivity contribution in [2.24, 2.45) is 0 Å². The predicted octanol–water partition coefficient (Wildman–Crippen LogP) is 3.03. The third kappa shape index (κ3) is 4.06. The summed E-state index contributed by atoms with van der Waals surface area (Å²) in [5.74, 6) is -1.44. The van der Waals surface area contributed by atoms with Crippen LogP contribution in [0.2, 0.25) is 0 Å². The second kappa shape index (κ2) is 6.41. The molecule has 0 atom stereocenters. The first-order valence-electron chi connectivity index (χ1n) is 6.06. The van der Waals surface area contributed by atoms with E-state index in [0.717, 1.165) is 0 Å². The van der Waals surface area contributed by atoms with E-state index in [1.165, 1.54) is 12.1 Å². The lowest BCUT2D eigenvalue weighted by Gasteiger charge is -2.10. The largest absolute Gasteiger partial charge is 0.508 e. The number of anilines is 1. The Morgan fingerprint density at radius 2 is 1.86 bits per heavy atom. The van der Waals surface area contributed by atoms with Gasteiger partial charge in [-0.05, 0) is 29.8 Å². The number of carbonyl (C=O) groups excluding carboxylic acids is 1. The van der Waals surface area contributed by atoms with Crippen molar-refractivity contribution < 1.29 is 19.8 Å². The van der Waals surface area contributed by atoms with E-state index in [1.54, 1.807) is 30.3 Å². The van der Waals surface area contributed by atoms with Crippen LogP contribution in [0.25, 0.3) is 0 Å². The number of phenols is 1. The average molecular weight is 350 g/mol. The Morgan fingerprint density at radius 1 is 1.14 bits per heavy atom. The van der Waals surface area contributed by atoms with Crippen LogP contribution in [0.15, 0.2) is 46.9 Å². The van der Waals surface area contributed by atoms with Crippen molar-refractivity contribution >= 4 is 33.5 Å². The van der Waals surface area contributed by atoms with Crippen LogP contribution in [-0.4, -0.2) is 22.1 Å². The maximum Gasteiger partial charge on any atom is 0.307 e. The molecule has 5 nitrogen and oxygen atoms in total. The predicted molar refractivity (Wildman–Crippen MR) is 81.5 cm³/mol. The minimum atomic E-state index is -0.975. The lowest BCUT2D eigenvalue weighted by molar-refractivity contribution is -0.136. The Bertz CT molecular complexity index is 680. The molecule has 0 spiro atoms. The molecule has 6 heteroatoms. The zero-order valence-corrected chi connectivity index (χ0v) is 12.4. The van der Waals surface area contributed by atoms with Crippen LogP contribution in [0.3, 0.4) is 0 Å². The highest BCUT2D eigenvalue weighted by atomic mass is 79.9. The fourth-order valence-corrected chi connectivity index (χ4v) is 2.34. The van der Waals surface area contributed by atoms with E-state index in [1.807, 2.05) is 0 Å². The minimum Gasteiger partial charge on any atom is -0.508 e. The zero-order valence-electron chi connectivity index (χ0n) is 10.8. The van der Waals surface area contributed by atoms with Crippen molar-refractivity contribution in [1.29, 1.82) is 0 Å². The summed E-state index contributed by atoms with van der Waals surface area (Å²) < 4.78 is 0.575. The third-order valence-corrected chi connectivity index (χ3v) is 3.21. The fraction of sp³-hybridized carbons (Fsp3) is 0.0667. The maximum atomic E-state index is 12.2. The van der Waals surface area contributed by atoms with Crippen molar-refractivity contribution in [1.82, 2.24) is 0 Å². The van der Waals surface area contributed by atoms with Gasteiger partial charge in [0.2, 0.25) is 0 Å². The standard InChI is InChI=1S/C15H12BrNO4/c16-11-5-10(6-12(18)8-11)15(21)17-13-4-2-1-3-9(13)7-14(19)20/h1-6,8,18H,7H2,(H,17,21)(H,19,20). The fourth-order valence-electron chi connectivity index (χ4n) is 1.86. The Labute approximate surface area is 129 Å². The van der Waals surface area contributed by atoms with Crippen molar-refractivity contribution in [3.63, 3.8) is 0 Å². The molecule has 3 N–H and O–H groups in total. The molecule has 0 saturated carbocycles. The first kappa shape index (κ1) is 15.1. The van der Waals surface area contributed by atoms with Crippen molar-refractivity contribution in [3.8, 4) is 5.75 Å². The molecule has 0 unspecified atom stereocenters. The van der Waals surface area contributed by atoms with Gasteiger partial charge in [0, 0.05) is 15.7 Å². The van der Waals surface area contributed by atoms with Crippen LogP contribution in [0.4, 0.5) is 5.69 Å².